The Hall–Kier alpha value is -3.55. The van der Waals surface area contributed by atoms with Crippen LogP contribution in [0.2, 0.25) is 0 Å². The zero-order valence-corrected chi connectivity index (χ0v) is 15.6. The van der Waals surface area contributed by atoms with E-state index >= 15 is 0 Å². The standard InChI is InChI=1S/C20H22N6O2/c1-2-21-20(22-11-15-8-9-17-18(10-15)28-14-27-17)23-12-19-25-24-13-26(19)16-6-4-3-5-7-16/h3-10,13H,2,11-12,14H2,1H3,(H2,21,22,23). The van der Waals surface area contributed by atoms with Gasteiger partial charge in [0.15, 0.2) is 23.3 Å². The van der Waals surface area contributed by atoms with Crippen LogP contribution >= 0.6 is 0 Å². The summed E-state index contributed by atoms with van der Waals surface area (Å²) in [5.74, 6) is 3.06. The number of hydrogen-bond acceptors (Lipinski definition) is 5. The summed E-state index contributed by atoms with van der Waals surface area (Å²) >= 11 is 0. The van der Waals surface area contributed by atoms with Gasteiger partial charge < -0.3 is 20.1 Å². The summed E-state index contributed by atoms with van der Waals surface area (Å²) in [5.41, 5.74) is 2.07. The second-order valence-corrected chi connectivity index (χ2v) is 6.19. The first-order chi connectivity index (χ1) is 13.8. The molecule has 1 aromatic heterocycles. The molecule has 144 valence electrons. The van der Waals surface area contributed by atoms with E-state index in [4.69, 9.17) is 9.47 Å². The predicted molar refractivity (Wildman–Crippen MR) is 106 cm³/mol. The van der Waals surface area contributed by atoms with Crippen LogP contribution in [0.25, 0.3) is 5.69 Å². The molecule has 2 N–H and O–H groups in total. The molecule has 8 nitrogen and oxygen atoms in total. The molecule has 0 fully saturated rings. The molecular formula is C20H22N6O2. The highest BCUT2D eigenvalue weighted by Gasteiger charge is 2.13. The average Bonchev–Trinajstić information content (AvgIpc) is 3.39. The Morgan fingerprint density at radius 3 is 2.82 bits per heavy atom. The molecule has 0 radical (unpaired) electrons. The van der Waals surface area contributed by atoms with Crippen LogP contribution in [-0.2, 0) is 13.1 Å². The molecule has 4 rings (SSSR count). The molecule has 3 aromatic rings. The summed E-state index contributed by atoms with van der Waals surface area (Å²) in [4.78, 5) is 4.65. The van der Waals surface area contributed by atoms with E-state index in [-0.39, 0.29) is 6.79 Å². The Labute approximate surface area is 163 Å². The van der Waals surface area contributed by atoms with Crippen LogP contribution in [0.5, 0.6) is 11.5 Å². The van der Waals surface area contributed by atoms with Crippen LogP contribution in [0.15, 0.2) is 59.9 Å². The first-order valence-electron chi connectivity index (χ1n) is 9.18. The summed E-state index contributed by atoms with van der Waals surface area (Å²) in [5, 5.41) is 14.8. The molecule has 2 aromatic carbocycles. The van der Waals surface area contributed by atoms with Gasteiger partial charge in [-0.2, -0.15) is 0 Å². The third-order valence-electron chi connectivity index (χ3n) is 4.27. The van der Waals surface area contributed by atoms with Gasteiger partial charge in [0.2, 0.25) is 6.79 Å². The Morgan fingerprint density at radius 2 is 1.96 bits per heavy atom. The first kappa shape index (κ1) is 17.8. The largest absolute Gasteiger partial charge is 0.454 e. The van der Waals surface area contributed by atoms with Crippen molar-refractivity contribution in [2.24, 2.45) is 4.99 Å². The van der Waals surface area contributed by atoms with E-state index in [0.29, 0.717) is 19.0 Å². The van der Waals surface area contributed by atoms with Crippen molar-refractivity contribution >= 4 is 5.96 Å². The summed E-state index contributed by atoms with van der Waals surface area (Å²) in [7, 11) is 0. The fourth-order valence-electron chi connectivity index (χ4n) is 2.90. The lowest BCUT2D eigenvalue weighted by molar-refractivity contribution is 0.174. The number of fused-ring (bicyclic) bond motifs is 1. The van der Waals surface area contributed by atoms with Crippen LogP contribution in [0.1, 0.15) is 18.3 Å². The Morgan fingerprint density at radius 1 is 1.11 bits per heavy atom. The van der Waals surface area contributed by atoms with Gasteiger partial charge in [0.1, 0.15) is 6.33 Å². The van der Waals surface area contributed by atoms with E-state index in [9.17, 15) is 0 Å². The third kappa shape index (κ3) is 4.06. The molecule has 0 amide bonds. The maximum Gasteiger partial charge on any atom is 0.231 e. The zero-order chi connectivity index (χ0) is 19.2. The van der Waals surface area contributed by atoms with E-state index in [2.05, 4.69) is 25.8 Å². The number of nitrogens with one attached hydrogen (secondary N) is 2. The lowest BCUT2D eigenvalue weighted by Crippen LogP contribution is -2.37. The lowest BCUT2D eigenvalue weighted by atomic mass is 10.2. The molecule has 8 heteroatoms. The minimum atomic E-state index is 0.272. The molecular weight excluding hydrogens is 356 g/mol. The number of guanidine groups is 1. The van der Waals surface area contributed by atoms with Crippen LogP contribution in [0.3, 0.4) is 0 Å². The Bertz CT molecular complexity index is 954. The number of aliphatic imine (C=N–C) groups is 1. The number of benzene rings is 2. The molecule has 0 bridgehead atoms. The van der Waals surface area contributed by atoms with Crippen molar-refractivity contribution in [2.45, 2.75) is 20.0 Å². The first-order valence-corrected chi connectivity index (χ1v) is 9.18. The molecule has 28 heavy (non-hydrogen) atoms. The predicted octanol–water partition coefficient (Wildman–Crippen LogP) is 2.25. The Kier molecular flexibility index (Phi) is 5.37. The minimum absolute atomic E-state index is 0.272. The average molecular weight is 378 g/mol. The minimum Gasteiger partial charge on any atom is -0.454 e. The summed E-state index contributed by atoms with van der Waals surface area (Å²) < 4.78 is 12.7. The van der Waals surface area contributed by atoms with Gasteiger partial charge >= 0.3 is 0 Å². The molecule has 0 saturated heterocycles. The topological polar surface area (TPSA) is 85.6 Å². The van der Waals surface area contributed by atoms with Crippen molar-refractivity contribution in [3.63, 3.8) is 0 Å². The van der Waals surface area contributed by atoms with Crippen molar-refractivity contribution in [2.75, 3.05) is 13.3 Å². The zero-order valence-electron chi connectivity index (χ0n) is 15.6. The quantitative estimate of drug-likeness (QED) is 0.505. The number of nitrogens with zero attached hydrogens (tertiary/aromatic N) is 4. The normalized spacial score (nSPS) is 12.8. The van der Waals surface area contributed by atoms with Gasteiger partial charge in [-0.15, -0.1) is 10.2 Å². The van der Waals surface area contributed by atoms with Crippen molar-refractivity contribution in [3.8, 4) is 17.2 Å². The number of hydrogen-bond donors (Lipinski definition) is 2. The highest BCUT2D eigenvalue weighted by molar-refractivity contribution is 5.79. The van der Waals surface area contributed by atoms with Gasteiger partial charge in [-0.3, -0.25) is 4.57 Å². The maximum absolute atomic E-state index is 5.43. The van der Waals surface area contributed by atoms with Crippen LogP contribution < -0.4 is 20.1 Å². The van der Waals surface area contributed by atoms with Crippen molar-refractivity contribution < 1.29 is 9.47 Å². The molecule has 0 saturated carbocycles. The van der Waals surface area contributed by atoms with Gasteiger partial charge in [0, 0.05) is 12.2 Å². The molecule has 0 atom stereocenters. The summed E-state index contributed by atoms with van der Waals surface area (Å²) in [6.45, 7) is 4.09. The number of rotatable bonds is 6. The van der Waals surface area contributed by atoms with Gasteiger partial charge in [0.25, 0.3) is 0 Å². The molecule has 0 unspecified atom stereocenters. The molecule has 0 spiro atoms. The van der Waals surface area contributed by atoms with E-state index in [1.54, 1.807) is 6.33 Å². The van der Waals surface area contributed by atoms with Crippen molar-refractivity contribution in [1.29, 1.82) is 0 Å². The lowest BCUT2D eigenvalue weighted by Gasteiger charge is -2.12. The van der Waals surface area contributed by atoms with Gasteiger partial charge in [-0.25, -0.2) is 4.99 Å². The molecule has 1 aliphatic rings. The number of para-hydroxylation sites is 1. The molecule has 1 aliphatic heterocycles. The SMILES string of the molecule is CCNC(=NCc1ccc2c(c1)OCO2)NCc1nncn1-c1ccccc1. The second kappa shape index (κ2) is 8.43. The maximum atomic E-state index is 5.43. The van der Waals surface area contributed by atoms with Gasteiger partial charge in [-0.05, 0) is 36.8 Å². The van der Waals surface area contributed by atoms with E-state index in [1.807, 2.05) is 60.0 Å². The highest BCUT2D eigenvalue weighted by atomic mass is 16.7. The fraction of sp³-hybridized carbons (Fsp3) is 0.250. The summed E-state index contributed by atoms with van der Waals surface area (Å²) in [6, 6.07) is 15.9. The number of aromatic nitrogens is 3. The number of ether oxygens (including phenoxy) is 2. The van der Waals surface area contributed by atoms with Gasteiger partial charge in [0.05, 0.1) is 13.1 Å². The molecule has 0 aliphatic carbocycles. The van der Waals surface area contributed by atoms with E-state index in [0.717, 1.165) is 35.1 Å². The van der Waals surface area contributed by atoms with Crippen LogP contribution in [-0.4, -0.2) is 34.1 Å². The second-order valence-electron chi connectivity index (χ2n) is 6.19. The van der Waals surface area contributed by atoms with Crippen LogP contribution in [0.4, 0.5) is 0 Å². The third-order valence-corrected chi connectivity index (χ3v) is 4.27. The van der Waals surface area contributed by atoms with E-state index in [1.165, 1.54) is 0 Å². The monoisotopic (exact) mass is 378 g/mol. The van der Waals surface area contributed by atoms with Crippen LogP contribution in [0, 0.1) is 0 Å². The Balaban J connectivity index is 1.43. The molecule has 2 heterocycles. The van der Waals surface area contributed by atoms with Crippen molar-refractivity contribution in [3.05, 3.63) is 66.2 Å². The van der Waals surface area contributed by atoms with E-state index < -0.39 is 0 Å². The fourth-order valence-corrected chi connectivity index (χ4v) is 2.90. The summed E-state index contributed by atoms with van der Waals surface area (Å²) in [6.07, 6.45) is 1.71. The van der Waals surface area contributed by atoms with Gasteiger partial charge in [-0.1, -0.05) is 24.3 Å². The highest BCUT2D eigenvalue weighted by Crippen LogP contribution is 2.32. The van der Waals surface area contributed by atoms with Crippen molar-refractivity contribution in [1.82, 2.24) is 25.4 Å². The smallest absolute Gasteiger partial charge is 0.231 e.